The van der Waals surface area contributed by atoms with Gasteiger partial charge in [-0.25, -0.2) is 9.78 Å². The molecule has 2 saturated heterocycles. The summed E-state index contributed by atoms with van der Waals surface area (Å²) in [4.78, 5) is 85.9. The molecular formula is C39H48N6O8S. The summed E-state index contributed by atoms with van der Waals surface area (Å²) in [5, 5.41) is 8.62. The summed E-state index contributed by atoms with van der Waals surface area (Å²) in [6.07, 6.45) is 1.77. The van der Waals surface area contributed by atoms with Crippen molar-refractivity contribution >= 4 is 46.8 Å². The summed E-state index contributed by atoms with van der Waals surface area (Å²) >= 11 is 0.976. The molecule has 0 radical (unpaired) electrons. The van der Waals surface area contributed by atoms with Gasteiger partial charge in [0.25, 0.3) is 5.19 Å². The van der Waals surface area contributed by atoms with Crippen molar-refractivity contribution < 1.29 is 38.2 Å². The number of aromatic nitrogens is 1. The van der Waals surface area contributed by atoms with Gasteiger partial charge in [-0.1, -0.05) is 85.8 Å². The van der Waals surface area contributed by atoms with Crippen molar-refractivity contribution in [2.45, 2.75) is 102 Å². The number of thiazole rings is 1. The van der Waals surface area contributed by atoms with E-state index in [1.54, 1.807) is 6.92 Å². The molecule has 2 fully saturated rings. The van der Waals surface area contributed by atoms with Crippen molar-refractivity contribution in [1.29, 1.82) is 0 Å². The Labute approximate surface area is 318 Å². The van der Waals surface area contributed by atoms with Crippen LogP contribution >= 0.6 is 11.3 Å². The molecule has 5 N–H and O–H groups in total. The lowest BCUT2D eigenvalue weighted by Gasteiger charge is -2.33. The molecule has 2 aliphatic rings. The molecule has 14 nitrogen and oxygen atoms in total. The number of amides is 5. The van der Waals surface area contributed by atoms with Crippen LogP contribution in [0.3, 0.4) is 0 Å². The van der Waals surface area contributed by atoms with Gasteiger partial charge >= 0.3 is 6.09 Å². The second-order valence-corrected chi connectivity index (χ2v) is 15.6. The molecule has 0 bridgehead atoms. The lowest BCUT2D eigenvalue weighted by Crippen LogP contribution is -2.57. The van der Waals surface area contributed by atoms with Gasteiger partial charge in [0.05, 0.1) is 19.1 Å². The smallest absolute Gasteiger partial charge is 0.381 e. The topological polar surface area (TPSA) is 202 Å². The Morgan fingerprint density at radius 1 is 1.00 bits per heavy atom. The average molecular weight is 761 g/mol. The molecule has 6 atom stereocenters. The molecule has 2 unspecified atom stereocenters. The highest BCUT2D eigenvalue weighted by Crippen LogP contribution is 2.30. The van der Waals surface area contributed by atoms with E-state index in [2.05, 4.69) is 20.9 Å². The number of likely N-dealkylation sites (tertiary alicyclic amines) is 1. The van der Waals surface area contributed by atoms with E-state index in [-0.39, 0.29) is 49.2 Å². The van der Waals surface area contributed by atoms with Gasteiger partial charge in [-0.15, -0.1) is 0 Å². The Hall–Kier alpha value is -5.15. The van der Waals surface area contributed by atoms with E-state index >= 15 is 0 Å². The minimum Gasteiger partial charge on any atom is -0.381 e. The van der Waals surface area contributed by atoms with E-state index < -0.39 is 65.5 Å². The van der Waals surface area contributed by atoms with E-state index in [1.807, 2.05) is 81.4 Å². The number of hydrogen-bond acceptors (Lipinski definition) is 10. The monoisotopic (exact) mass is 760 g/mol. The summed E-state index contributed by atoms with van der Waals surface area (Å²) in [6, 6.07) is 14.6. The molecule has 288 valence electrons. The number of carbonyl (C=O) groups is 6. The Bertz CT molecular complexity index is 1820. The molecule has 15 heteroatoms. The van der Waals surface area contributed by atoms with Gasteiger partial charge in [0.15, 0.2) is 5.78 Å². The van der Waals surface area contributed by atoms with Crippen LogP contribution in [0.1, 0.15) is 63.0 Å². The predicted octanol–water partition coefficient (Wildman–Crippen LogP) is 2.87. The first kappa shape index (κ1) is 40.0. The van der Waals surface area contributed by atoms with Crippen molar-refractivity contribution in [2.75, 3.05) is 6.61 Å². The number of rotatable bonds is 18. The second-order valence-electron chi connectivity index (χ2n) is 14.5. The fourth-order valence-electron chi connectivity index (χ4n) is 6.68. The van der Waals surface area contributed by atoms with Crippen LogP contribution in [0.4, 0.5) is 4.79 Å². The van der Waals surface area contributed by atoms with Crippen LogP contribution in [0, 0.1) is 5.92 Å². The predicted molar refractivity (Wildman–Crippen MR) is 200 cm³/mol. The molecule has 3 heterocycles. The molecule has 0 aliphatic carbocycles. The van der Waals surface area contributed by atoms with Gasteiger partial charge in [0, 0.05) is 23.5 Å². The fourth-order valence-corrected chi connectivity index (χ4v) is 7.45. The van der Waals surface area contributed by atoms with E-state index in [4.69, 9.17) is 15.2 Å². The number of carbonyl (C=O) groups excluding carboxylic acids is 6. The molecule has 54 heavy (non-hydrogen) atoms. The third-order valence-electron chi connectivity index (χ3n) is 9.54. The quantitative estimate of drug-likeness (QED) is 0.141. The molecule has 3 aromatic rings. The number of nitrogens with two attached hydrogens (primary N) is 1. The van der Waals surface area contributed by atoms with Crippen molar-refractivity contribution in [2.24, 2.45) is 11.7 Å². The molecule has 1 aromatic heterocycles. The summed E-state index contributed by atoms with van der Waals surface area (Å²) in [6.45, 7) is 7.76. The van der Waals surface area contributed by atoms with Crippen molar-refractivity contribution in [3.63, 3.8) is 0 Å². The highest BCUT2D eigenvalue weighted by Gasteiger charge is 2.51. The zero-order valence-corrected chi connectivity index (χ0v) is 31.7. The Morgan fingerprint density at radius 2 is 1.65 bits per heavy atom. The van der Waals surface area contributed by atoms with E-state index in [1.165, 1.54) is 11.1 Å². The number of aryl methyl sites for hydroxylation is 1. The summed E-state index contributed by atoms with van der Waals surface area (Å²) < 4.78 is 10.2. The number of benzene rings is 2. The van der Waals surface area contributed by atoms with Crippen LogP contribution in [-0.4, -0.2) is 87.8 Å². The third kappa shape index (κ3) is 10.7. The van der Waals surface area contributed by atoms with E-state index in [0.29, 0.717) is 17.7 Å². The summed E-state index contributed by atoms with van der Waals surface area (Å²) in [7, 11) is 0. The number of primary amides is 1. The summed E-state index contributed by atoms with van der Waals surface area (Å²) in [5.41, 5.74) is 5.90. The van der Waals surface area contributed by atoms with Gasteiger partial charge in [-0.2, -0.15) is 0 Å². The number of Topliss-reactive ketones (excluding diaryl/α,β-unsaturated/α-hetero) is 1. The highest BCUT2D eigenvalue weighted by molar-refractivity contribution is 7.13. The van der Waals surface area contributed by atoms with E-state index in [9.17, 15) is 28.8 Å². The van der Waals surface area contributed by atoms with Crippen LogP contribution in [0.5, 0.6) is 5.19 Å². The average Bonchev–Trinajstić information content (AvgIpc) is 3.64. The first-order valence-corrected chi connectivity index (χ1v) is 18.9. The van der Waals surface area contributed by atoms with Crippen LogP contribution in [0.15, 0.2) is 66.9 Å². The van der Waals surface area contributed by atoms with Crippen LogP contribution in [0.2, 0.25) is 0 Å². The Kier molecular flexibility index (Phi) is 13.2. The molecule has 0 saturated carbocycles. The molecule has 2 aliphatic heterocycles. The molecule has 2 aromatic carbocycles. The summed E-state index contributed by atoms with van der Waals surface area (Å²) in [5.74, 6) is -2.01. The van der Waals surface area contributed by atoms with Crippen LogP contribution in [-0.2, 0) is 48.0 Å². The fraction of sp³-hybridized carbons (Fsp3) is 0.462. The standard InChI is InChI=1S/C39H48N6O8S/c1-23(2)17-29(33(47)39(4)22-52-39)43-35(49)31(19-26-13-9-6-10-14-26)45-24(3)18-30(36(45)50)44-34(48)28(16-15-25-11-7-5-8-12-25)42-32(46)20-27-21-41-38(54-27)53-37(40)51/h5-14,21,23-24,28-31H,15-20,22H2,1-4H3,(H2,40,51)(H,42,46)(H,43,49)(H,44,48)/t24?,28-,29-,30-,31-,39?/m0/s1. The van der Waals surface area contributed by atoms with Gasteiger partial charge in [-0.05, 0) is 56.6 Å². The number of epoxide rings is 1. The normalized spacial score (nSPS) is 20.8. The van der Waals surface area contributed by atoms with E-state index in [0.717, 1.165) is 22.5 Å². The minimum atomic E-state index is -1.03. The van der Waals surface area contributed by atoms with Crippen LogP contribution in [0.25, 0.3) is 0 Å². The zero-order valence-electron chi connectivity index (χ0n) is 30.9. The Balaban J connectivity index is 1.32. The molecular weight excluding hydrogens is 713 g/mol. The molecule has 0 spiro atoms. The van der Waals surface area contributed by atoms with Gasteiger partial charge < -0.3 is 36.1 Å². The number of ether oxygens (including phenoxy) is 2. The van der Waals surface area contributed by atoms with Gasteiger partial charge in [-0.3, -0.25) is 24.0 Å². The highest BCUT2D eigenvalue weighted by atomic mass is 32.1. The third-order valence-corrected chi connectivity index (χ3v) is 10.4. The number of nitrogens with one attached hydrogen (secondary N) is 3. The largest absolute Gasteiger partial charge is 0.411 e. The Morgan fingerprint density at radius 3 is 2.26 bits per heavy atom. The number of nitrogens with zero attached hydrogens (tertiary/aromatic N) is 2. The zero-order chi connectivity index (χ0) is 39.0. The number of hydrogen-bond donors (Lipinski definition) is 4. The lowest BCUT2D eigenvalue weighted by molar-refractivity contribution is -0.142. The SMILES string of the molecule is CC(C)C[C@H](NC(=O)[C@H](Cc1ccccc1)N1C(=O)[C@@H](NC(=O)[C@H](CCc2ccccc2)NC(=O)Cc2cnc(OC(N)=O)s2)CC1C)C(=O)C1(C)CO1. The van der Waals surface area contributed by atoms with Crippen molar-refractivity contribution in [3.05, 3.63) is 82.9 Å². The number of ketones is 1. The molecule has 5 amide bonds. The van der Waals surface area contributed by atoms with Gasteiger partial charge in [0.2, 0.25) is 23.6 Å². The lowest BCUT2D eigenvalue weighted by atomic mass is 9.92. The van der Waals surface area contributed by atoms with Crippen molar-refractivity contribution in [1.82, 2.24) is 25.8 Å². The van der Waals surface area contributed by atoms with Crippen molar-refractivity contribution in [3.8, 4) is 5.19 Å². The van der Waals surface area contributed by atoms with Crippen LogP contribution < -0.4 is 26.4 Å². The molecule has 5 rings (SSSR count). The van der Waals surface area contributed by atoms with Gasteiger partial charge in [0.1, 0.15) is 23.7 Å². The maximum Gasteiger partial charge on any atom is 0.411 e. The minimum absolute atomic E-state index is 0.00501. The first-order valence-electron chi connectivity index (χ1n) is 18.1. The maximum absolute atomic E-state index is 14.2. The first-order chi connectivity index (χ1) is 25.7. The second kappa shape index (κ2) is 17.8. The maximum atomic E-state index is 14.2.